The Morgan fingerprint density at radius 1 is 1.00 bits per heavy atom. The molecule has 2 aromatic carbocycles. The standard InChI is InChI=1S/C23H25F2N/c1-2-3-4-16-5-7-18(8-6-16)19-9-11-20(12-10-19)23-21(24)13-17(15-26)14-22(23)25/h9-14,16,18H,2-8H2,1H3/t16-,18-. The van der Waals surface area contributed by atoms with Gasteiger partial charge in [-0.05, 0) is 60.8 Å². The largest absolute Gasteiger partial charge is 0.206 e. The molecular weight excluding hydrogens is 328 g/mol. The van der Waals surface area contributed by atoms with E-state index >= 15 is 0 Å². The summed E-state index contributed by atoms with van der Waals surface area (Å²) in [5, 5.41) is 8.81. The van der Waals surface area contributed by atoms with E-state index in [1.807, 2.05) is 12.1 Å². The van der Waals surface area contributed by atoms with Gasteiger partial charge in [-0.15, -0.1) is 0 Å². The summed E-state index contributed by atoms with van der Waals surface area (Å²) in [7, 11) is 0. The molecule has 1 aliphatic rings. The molecule has 1 saturated carbocycles. The van der Waals surface area contributed by atoms with Gasteiger partial charge in [0.15, 0.2) is 0 Å². The normalized spacial score (nSPS) is 19.9. The monoisotopic (exact) mass is 353 g/mol. The molecule has 1 fully saturated rings. The highest BCUT2D eigenvalue weighted by Gasteiger charge is 2.22. The van der Waals surface area contributed by atoms with Crippen LogP contribution in [0.3, 0.4) is 0 Å². The number of nitriles is 1. The number of rotatable bonds is 5. The van der Waals surface area contributed by atoms with Gasteiger partial charge in [-0.25, -0.2) is 8.78 Å². The van der Waals surface area contributed by atoms with Gasteiger partial charge in [0, 0.05) is 0 Å². The fourth-order valence-electron chi connectivity index (χ4n) is 4.11. The first-order chi connectivity index (χ1) is 12.6. The molecule has 136 valence electrons. The summed E-state index contributed by atoms with van der Waals surface area (Å²) in [6.45, 7) is 2.24. The fraction of sp³-hybridized carbons (Fsp3) is 0.435. The third kappa shape index (κ3) is 4.12. The summed E-state index contributed by atoms with van der Waals surface area (Å²) in [4.78, 5) is 0. The van der Waals surface area contributed by atoms with E-state index in [2.05, 4.69) is 6.92 Å². The molecule has 1 aliphatic carbocycles. The van der Waals surface area contributed by atoms with Crippen LogP contribution in [0.5, 0.6) is 0 Å². The van der Waals surface area contributed by atoms with Gasteiger partial charge in [0.2, 0.25) is 0 Å². The van der Waals surface area contributed by atoms with Crippen LogP contribution in [0.2, 0.25) is 0 Å². The van der Waals surface area contributed by atoms with Crippen LogP contribution in [0.15, 0.2) is 36.4 Å². The highest BCUT2D eigenvalue weighted by molar-refractivity contribution is 5.66. The maximum Gasteiger partial charge on any atom is 0.135 e. The first kappa shape index (κ1) is 18.6. The van der Waals surface area contributed by atoms with Crippen molar-refractivity contribution in [2.75, 3.05) is 0 Å². The molecule has 0 radical (unpaired) electrons. The predicted molar refractivity (Wildman–Crippen MR) is 101 cm³/mol. The molecule has 2 aromatic rings. The van der Waals surface area contributed by atoms with E-state index in [4.69, 9.17) is 5.26 Å². The summed E-state index contributed by atoms with van der Waals surface area (Å²) in [5.41, 5.74) is 1.72. The van der Waals surface area contributed by atoms with Crippen LogP contribution in [-0.4, -0.2) is 0 Å². The molecule has 1 nitrogen and oxygen atoms in total. The van der Waals surface area contributed by atoms with E-state index in [9.17, 15) is 8.78 Å². The van der Waals surface area contributed by atoms with Gasteiger partial charge in [0.25, 0.3) is 0 Å². The molecule has 0 unspecified atom stereocenters. The van der Waals surface area contributed by atoms with Gasteiger partial charge < -0.3 is 0 Å². The van der Waals surface area contributed by atoms with Crippen LogP contribution in [-0.2, 0) is 0 Å². The van der Waals surface area contributed by atoms with E-state index in [1.54, 1.807) is 18.2 Å². The summed E-state index contributed by atoms with van der Waals surface area (Å²) >= 11 is 0. The van der Waals surface area contributed by atoms with Crippen LogP contribution in [0.4, 0.5) is 8.78 Å². The average Bonchev–Trinajstić information content (AvgIpc) is 2.66. The lowest BCUT2D eigenvalue weighted by atomic mass is 9.77. The topological polar surface area (TPSA) is 23.8 Å². The second kappa shape index (κ2) is 8.45. The Labute approximate surface area is 154 Å². The van der Waals surface area contributed by atoms with Gasteiger partial charge in [0.05, 0.1) is 17.2 Å². The number of hydrogen-bond acceptors (Lipinski definition) is 1. The highest BCUT2D eigenvalue weighted by atomic mass is 19.1. The molecule has 0 atom stereocenters. The van der Waals surface area contributed by atoms with Crippen molar-refractivity contribution in [3.63, 3.8) is 0 Å². The van der Waals surface area contributed by atoms with Crippen molar-refractivity contribution in [3.8, 4) is 17.2 Å². The lowest BCUT2D eigenvalue weighted by molar-refractivity contribution is 0.304. The zero-order valence-electron chi connectivity index (χ0n) is 15.3. The zero-order chi connectivity index (χ0) is 18.5. The Morgan fingerprint density at radius 3 is 2.15 bits per heavy atom. The molecule has 0 aromatic heterocycles. The maximum atomic E-state index is 14.2. The van der Waals surface area contributed by atoms with Crippen LogP contribution in [0, 0.1) is 28.9 Å². The fourth-order valence-corrected chi connectivity index (χ4v) is 4.11. The molecule has 0 spiro atoms. The van der Waals surface area contributed by atoms with Crippen molar-refractivity contribution in [2.24, 2.45) is 5.92 Å². The third-order valence-corrected chi connectivity index (χ3v) is 5.65. The quantitative estimate of drug-likeness (QED) is 0.569. The lowest BCUT2D eigenvalue weighted by Crippen LogP contribution is -2.13. The van der Waals surface area contributed by atoms with E-state index in [1.165, 1.54) is 50.5 Å². The second-order valence-corrected chi connectivity index (χ2v) is 7.41. The van der Waals surface area contributed by atoms with Crippen LogP contribution >= 0.6 is 0 Å². The number of hydrogen-bond donors (Lipinski definition) is 0. The highest BCUT2D eigenvalue weighted by Crippen LogP contribution is 2.38. The Balaban J connectivity index is 1.71. The maximum absolute atomic E-state index is 14.2. The molecule has 0 bridgehead atoms. The van der Waals surface area contributed by atoms with Gasteiger partial charge in [0.1, 0.15) is 11.6 Å². The SMILES string of the molecule is CCCC[C@H]1CC[C@H](c2ccc(-c3c(F)cc(C#N)cc3F)cc2)CC1. The Kier molecular flexibility index (Phi) is 6.04. The molecule has 0 heterocycles. The Morgan fingerprint density at radius 2 is 1.62 bits per heavy atom. The summed E-state index contributed by atoms with van der Waals surface area (Å²) in [6.07, 6.45) is 8.91. The van der Waals surface area contributed by atoms with Gasteiger partial charge in [-0.1, -0.05) is 50.5 Å². The van der Waals surface area contributed by atoms with Crippen molar-refractivity contribution in [3.05, 3.63) is 59.2 Å². The first-order valence-corrected chi connectivity index (χ1v) is 9.61. The van der Waals surface area contributed by atoms with E-state index < -0.39 is 11.6 Å². The van der Waals surface area contributed by atoms with Gasteiger partial charge in [-0.3, -0.25) is 0 Å². The van der Waals surface area contributed by atoms with E-state index in [-0.39, 0.29) is 11.1 Å². The van der Waals surface area contributed by atoms with Crippen LogP contribution < -0.4 is 0 Å². The molecule has 0 saturated heterocycles. The van der Waals surface area contributed by atoms with Crippen molar-refractivity contribution in [2.45, 2.75) is 57.8 Å². The lowest BCUT2D eigenvalue weighted by Gasteiger charge is -2.29. The number of nitrogens with zero attached hydrogens (tertiary/aromatic N) is 1. The minimum Gasteiger partial charge on any atom is -0.206 e. The van der Waals surface area contributed by atoms with Gasteiger partial charge in [-0.2, -0.15) is 5.26 Å². The first-order valence-electron chi connectivity index (χ1n) is 9.61. The molecule has 0 N–H and O–H groups in total. The Hall–Kier alpha value is -2.21. The molecule has 0 amide bonds. The molecule has 0 aliphatic heterocycles. The third-order valence-electron chi connectivity index (χ3n) is 5.65. The predicted octanol–water partition coefficient (Wildman–Crippen LogP) is 6.97. The minimum atomic E-state index is -0.689. The molecule has 3 heteroatoms. The summed E-state index contributed by atoms with van der Waals surface area (Å²) in [5.74, 6) is 0.0429. The number of halogens is 2. The average molecular weight is 353 g/mol. The second-order valence-electron chi connectivity index (χ2n) is 7.41. The van der Waals surface area contributed by atoms with Crippen molar-refractivity contribution in [1.82, 2.24) is 0 Å². The Bertz CT molecular complexity index is 758. The molecular formula is C23H25F2N. The van der Waals surface area contributed by atoms with Gasteiger partial charge >= 0.3 is 0 Å². The zero-order valence-corrected chi connectivity index (χ0v) is 15.3. The van der Waals surface area contributed by atoms with Crippen molar-refractivity contribution >= 4 is 0 Å². The molecule has 3 rings (SSSR count). The molecule has 26 heavy (non-hydrogen) atoms. The summed E-state index contributed by atoms with van der Waals surface area (Å²) < 4.78 is 28.4. The minimum absolute atomic E-state index is 0.000188. The van der Waals surface area contributed by atoms with Crippen molar-refractivity contribution in [1.29, 1.82) is 5.26 Å². The van der Waals surface area contributed by atoms with Crippen LogP contribution in [0.1, 0.15) is 68.9 Å². The van der Waals surface area contributed by atoms with Crippen molar-refractivity contribution < 1.29 is 8.78 Å². The van der Waals surface area contributed by atoms with Crippen LogP contribution in [0.25, 0.3) is 11.1 Å². The van der Waals surface area contributed by atoms with E-state index in [0.29, 0.717) is 11.5 Å². The number of benzene rings is 2. The summed E-state index contributed by atoms with van der Waals surface area (Å²) in [6, 6.07) is 11.6. The smallest absolute Gasteiger partial charge is 0.135 e. The number of unbranched alkanes of at least 4 members (excludes halogenated alkanes) is 1. The van der Waals surface area contributed by atoms with E-state index in [0.717, 1.165) is 18.1 Å².